The van der Waals surface area contributed by atoms with Crippen molar-refractivity contribution >= 4 is 23.6 Å². The highest BCUT2D eigenvalue weighted by Crippen LogP contribution is 2.53. The first-order valence-electron chi connectivity index (χ1n) is 10.0. The van der Waals surface area contributed by atoms with Crippen LogP contribution in [0.25, 0.3) is 6.08 Å². The number of amides is 2. The predicted octanol–water partition coefficient (Wildman–Crippen LogP) is 4.56. The molecule has 2 amide bonds. The molecule has 2 fully saturated rings. The van der Waals surface area contributed by atoms with Gasteiger partial charge in [0.05, 0.1) is 17.7 Å². The van der Waals surface area contributed by atoms with Gasteiger partial charge in [-0.1, -0.05) is 16.8 Å². The highest BCUT2D eigenvalue weighted by Gasteiger charge is 2.56. The second-order valence-electron chi connectivity index (χ2n) is 8.10. The highest BCUT2D eigenvalue weighted by molar-refractivity contribution is 5.95. The number of anilines is 1. The molecule has 0 radical (unpaired) electrons. The second kappa shape index (κ2) is 8.44. The quantitative estimate of drug-likeness (QED) is 0.615. The molecule has 34 heavy (non-hydrogen) atoms. The predicted molar refractivity (Wildman–Crippen MR) is 102 cm³/mol. The smallest absolute Gasteiger partial charge is 0.364 e. The lowest BCUT2D eigenvalue weighted by Gasteiger charge is -2.30. The summed E-state index contributed by atoms with van der Waals surface area (Å²) in [6, 6.07) is 0.589. The number of halogens is 7. The number of carbonyl (C=O) groups excluding carboxylic acids is 2. The first kappa shape index (κ1) is 23.8. The fourth-order valence-corrected chi connectivity index (χ4v) is 4.75. The molecular formula is C21H16F7N3O3. The lowest BCUT2D eigenvalue weighted by molar-refractivity contribution is -0.175. The number of alkyl halides is 6. The van der Waals surface area contributed by atoms with Gasteiger partial charge in [-0.2, -0.15) is 26.3 Å². The van der Waals surface area contributed by atoms with Gasteiger partial charge in [0.2, 0.25) is 5.91 Å². The van der Waals surface area contributed by atoms with Crippen molar-refractivity contribution in [3.8, 4) is 0 Å². The van der Waals surface area contributed by atoms with Crippen molar-refractivity contribution in [2.45, 2.75) is 31.2 Å². The van der Waals surface area contributed by atoms with Crippen LogP contribution in [0.15, 0.2) is 40.8 Å². The normalized spacial score (nSPS) is 25.6. The number of rotatable bonds is 4. The number of carbonyl (C=O) groups is 2. The molecule has 6 nitrogen and oxygen atoms in total. The third kappa shape index (κ3) is 4.50. The summed E-state index contributed by atoms with van der Waals surface area (Å²) >= 11 is 0. The Balaban J connectivity index is 1.65. The van der Waals surface area contributed by atoms with Crippen LogP contribution in [-0.4, -0.2) is 29.2 Å². The maximum atomic E-state index is 13.6. The van der Waals surface area contributed by atoms with E-state index in [2.05, 4.69) is 10.5 Å². The monoisotopic (exact) mass is 491 g/mol. The maximum absolute atomic E-state index is 13.6. The molecule has 0 aliphatic heterocycles. The molecule has 1 aromatic carbocycles. The van der Waals surface area contributed by atoms with E-state index in [1.165, 1.54) is 12.5 Å². The highest BCUT2D eigenvalue weighted by atomic mass is 19.4. The summed E-state index contributed by atoms with van der Waals surface area (Å²) < 4.78 is 96.1. The van der Waals surface area contributed by atoms with Gasteiger partial charge in [0.15, 0.2) is 0 Å². The van der Waals surface area contributed by atoms with E-state index in [4.69, 9.17) is 4.52 Å². The van der Waals surface area contributed by atoms with Crippen molar-refractivity contribution in [1.29, 1.82) is 0 Å². The van der Waals surface area contributed by atoms with E-state index in [0.717, 1.165) is 6.07 Å². The van der Waals surface area contributed by atoms with E-state index in [1.54, 1.807) is 6.08 Å². The lowest BCUT2D eigenvalue weighted by atomic mass is 9.83. The summed E-state index contributed by atoms with van der Waals surface area (Å²) in [5, 5.41) is 7.65. The Morgan fingerprint density at radius 3 is 2.41 bits per heavy atom. The Morgan fingerprint density at radius 2 is 1.79 bits per heavy atom. The van der Waals surface area contributed by atoms with E-state index in [9.17, 15) is 40.3 Å². The summed E-state index contributed by atoms with van der Waals surface area (Å²) in [5.74, 6) is -7.05. The zero-order valence-corrected chi connectivity index (χ0v) is 17.0. The van der Waals surface area contributed by atoms with Crippen molar-refractivity contribution in [2.75, 3.05) is 5.32 Å². The second-order valence-corrected chi connectivity index (χ2v) is 8.10. The molecule has 2 aromatic rings. The van der Waals surface area contributed by atoms with E-state index in [0.29, 0.717) is 36.1 Å². The molecule has 2 aliphatic rings. The molecule has 1 aromatic heterocycles. The molecule has 2 unspecified atom stereocenters. The number of nitrogens with one attached hydrogen (secondary N) is 2. The Kier molecular flexibility index (Phi) is 5.90. The molecule has 182 valence electrons. The van der Waals surface area contributed by atoms with Crippen LogP contribution in [-0.2, 0) is 15.8 Å². The first-order valence-corrected chi connectivity index (χ1v) is 10.0. The minimum atomic E-state index is -5.19. The molecule has 2 aliphatic carbocycles. The van der Waals surface area contributed by atoms with Gasteiger partial charge in [0, 0.05) is 23.2 Å². The minimum absolute atomic E-state index is 0.382. The largest absolute Gasteiger partial charge is 0.471 e. The molecule has 4 rings (SSSR count). The molecule has 13 heteroatoms. The van der Waals surface area contributed by atoms with Gasteiger partial charge in [-0.25, -0.2) is 4.39 Å². The minimum Gasteiger partial charge on any atom is -0.364 e. The van der Waals surface area contributed by atoms with Crippen LogP contribution in [0.4, 0.5) is 36.4 Å². The molecule has 2 N–H and O–H groups in total. The van der Waals surface area contributed by atoms with Gasteiger partial charge >= 0.3 is 18.3 Å². The van der Waals surface area contributed by atoms with E-state index < -0.39 is 59.3 Å². The number of hydrogen-bond acceptors (Lipinski definition) is 4. The summed E-state index contributed by atoms with van der Waals surface area (Å²) in [5.41, 5.74) is -0.881. The summed E-state index contributed by atoms with van der Waals surface area (Å²) in [6.07, 6.45) is -5.15. The van der Waals surface area contributed by atoms with Crippen LogP contribution in [0.1, 0.15) is 24.0 Å². The number of aromatic nitrogens is 1. The Morgan fingerprint density at radius 1 is 1.09 bits per heavy atom. The van der Waals surface area contributed by atoms with Gasteiger partial charge in [0.25, 0.3) is 0 Å². The number of nitrogens with zero attached hydrogens (tertiary/aromatic N) is 1. The summed E-state index contributed by atoms with van der Waals surface area (Å²) in [4.78, 5) is 24.7. The van der Waals surface area contributed by atoms with E-state index in [1.807, 2.05) is 5.32 Å². The van der Waals surface area contributed by atoms with Gasteiger partial charge < -0.3 is 15.2 Å². The zero-order valence-electron chi connectivity index (χ0n) is 17.0. The van der Waals surface area contributed by atoms with Crippen LogP contribution in [0, 0.1) is 23.6 Å². The molecule has 1 heterocycles. The molecule has 0 saturated heterocycles. The van der Waals surface area contributed by atoms with E-state index >= 15 is 0 Å². The van der Waals surface area contributed by atoms with Crippen molar-refractivity contribution in [3.05, 3.63) is 53.2 Å². The SMILES string of the molecule is O=C(Nc1ccc(F)c(C(F)(F)F)c1)[C@H]1C2CCC(/C2=C\c2cnoc2)[C@H]1NC(=O)C(F)(F)F. The standard InChI is InChI=1S/C21H16F7N3O3/c22-15-4-1-10(6-14(15)20(23,24)25)30-18(32)16-11-2-3-12(13(11)5-9-7-29-34-8-9)17(16)31-19(33)21(26,27)28/h1,4-8,11-12,16-17H,2-3H2,(H,30,32)(H,31,33)/b13-5-/t11?,12?,16-,17+/m0/s1. The van der Waals surface area contributed by atoms with Crippen LogP contribution < -0.4 is 10.6 Å². The third-order valence-corrected chi connectivity index (χ3v) is 6.08. The number of hydrogen-bond donors (Lipinski definition) is 2. The molecule has 2 saturated carbocycles. The van der Waals surface area contributed by atoms with Crippen LogP contribution in [0.2, 0.25) is 0 Å². The van der Waals surface area contributed by atoms with E-state index in [-0.39, 0.29) is 5.69 Å². The maximum Gasteiger partial charge on any atom is 0.471 e. The first-order chi connectivity index (χ1) is 15.9. The topological polar surface area (TPSA) is 84.2 Å². The average molecular weight is 491 g/mol. The molecule has 2 bridgehead atoms. The van der Waals surface area contributed by atoms with Gasteiger partial charge in [-0.3, -0.25) is 9.59 Å². The Bertz CT molecular complexity index is 1130. The summed E-state index contributed by atoms with van der Waals surface area (Å²) in [7, 11) is 0. The lowest BCUT2D eigenvalue weighted by Crippen LogP contribution is -2.51. The van der Waals surface area contributed by atoms with Crippen LogP contribution >= 0.6 is 0 Å². The molecular weight excluding hydrogens is 475 g/mol. The van der Waals surface area contributed by atoms with Gasteiger partial charge in [-0.05, 0) is 37.0 Å². The molecule has 4 atom stereocenters. The van der Waals surface area contributed by atoms with Gasteiger partial charge in [-0.15, -0.1) is 0 Å². The molecule has 0 spiro atoms. The summed E-state index contributed by atoms with van der Waals surface area (Å²) in [6.45, 7) is 0. The fraction of sp³-hybridized carbons (Fsp3) is 0.381. The third-order valence-electron chi connectivity index (χ3n) is 6.08. The Labute approximate surface area is 187 Å². The van der Waals surface area contributed by atoms with Crippen molar-refractivity contribution in [2.24, 2.45) is 17.8 Å². The number of fused-ring (bicyclic) bond motifs is 2. The van der Waals surface area contributed by atoms with Crippen molar-refractivity contribution in [3.63, 3.8) is 0 Å². The Hall–Kier alpha value is -3.38. The number of benzene rings is 1. The zero-order chi connectivity index (χ0) is 24.8. The van der Waals surface area contributed by atoms with Crippen LogP contribution in [0.3, 0.4) is 0 Å². The average Bonchev–Trinajstić information content (AvgIpc) is 3.44. The van der Waals surface area contributed by atoms with Crippen molar-refractivity contribution < 1.29 is 44.8 Å². The van der Waals surface area contributed by atoms with Gasteiger partial charge in [0.1, 0.15) is 12.1 Å². The van der Waals surface area contributed by atoms with Crippen molar-refractivity contribution in [1.82, 2.24) is 10.5 Å². The van der Waals surface area contributed by atoms with Crippen LogP contribution in [0.5, 0.6) is 0 Å². The fourth-order valence-electron chi connectivity index (χ4n) is 4.75.